The highest BCUT2D eigenvalue weighted by molar-refractivity contribution is 14.0. The quantitative estimate of drug-likeness (QED) is 0.340. The van der Waals surface area contributed by atoms with E-state index in [0.29, 0.717) is 12.5 Å². The monoisotopic (exact) mass is 548 g/mol. The minimum atomic E-state index is 0. The number of carbonyl (C=O) groups excluding carboxylic acids is 1. The second-order valence-corrected chi connectivity index (χ2v) is 8.28. The van der Waals surface area contributed by atoms with E-state index >= 15 is 0 Å². The van der Waals surface area contributed by atoms with Crippen LogP contribution < -0.4 is 10.2 Å². The molecule has 0 aliphatic carbocycles. The van der Waals surface area contributed by atoms with Crippen LogP contribution in [-0.4, -0.2) is 56.6 Å². The number of nitrogens with zero attached hydrogens (tertiary/aromatic N) is 3. The third kappa shape index (κ3) is 6.22. The summed E-state index contributed by atoms with van der Waals surface area (Å²) in [6.07, 6.45) is 3.12. The number of likely N-dealkylation sites (tertiary alicyclic amines) is 1. The SMILES string of the molecule is CN=C(NCC(=O)N1CCCc2ccccc21)N1CCC(COCc2ccccc2)C1.I. The normalized spacial score (nSPS) is 18.2. The lowest BCUT2D eigenvalue weighted by atomic mass is 10.0. The molecule has 4 rings (SSSR count). The van der Waals surface area contributed by atoms with Gasteiger partial charge in [0.05, 0.1) is 19.8 Å². The minimum Gasteiger partial charge on any atom is -0.376 e. The molecule has 1 N–H and O–H groups in total. The lowest BCUT2D eigenvalue weighted by Gasteiger charge is -2.30. The van der Waals surface area contributed by atoms with E-state index in [4.69, 9.17) is 4.74 Å². The van der Waals surface area contributed by atoms with Crippen molar-refractivity contribution in [3.8, 4) is 0 Å². The first-order chi connectivity index (χ1) is 15.2. The molecule has 1 amide bonds. The maximum atomic E-state index is 12.9. The van der Waals surface area contributed by atoms with Gasteiger partial charge < -0.3 is 19.9 Å². The van der Waals surface area contributed by atoms with Gasteiger partial charge in [0.25, 0.3) is 0 Å². The van der Waals surface area contributed by atoms with Crippen LogP contribution in [0, 0.1) is 5.92 Å². The average molecular weight is 548 g/mol. The summed E-state index contributed by atoms with van der Waals surface area (Å²) in [7, 11) is 1.78. The number of hydrogen-bond donors (Lipinski definition) is 1. The largest absolute Gasteiger partial charge is 0.376 e. The third-order valence-corrected chi connectivity index (χ3v) is 6.07. The summed E-state index contributed by atoms with van der Waals surface area (Å²) in [6, 6.07) is 18.5. The number of hydrogen-bond acceptors (Lipinski definition) is 3. The Morgan fingerprint density at radius 3 is 2.72 bits per heavy atom. The van der Waals surface area contributed by atoms with E-state index in [2.05, 4.69) is 33.4 Å². The first-order valence-corrected chi connectivity index (χ1v) is 11.2. The predicted molar refractivity (Wildman–Crippen MR) is 140 cm³/mol. The summed E-state index contributed by atoms with van der Waals surface area (Å²) in [5, 5.41) is 3.29. The molecular weight excluding hydrogens is 515 g/mol. The van der Waals surface area contributed by atoms with Crippen LogP contribution in [0.4, 0.5) is 5.69 Å². The molecule has 7 heteroatoms. The van der Waals surface area contributed by atoms with E-state index < -0.39 is 0 Å². The van der Waals surface area contributed by atoms with Crippen LogP contribution in [0.2, 0.25) is 0 Å². The summed E-state index contributed by atoms with van der Waals surface area (Å²) in [5.74, 6) is 1.37. The summed E-state index contributed by atoms with van der Waals surface area (Å²) >= 11 is 0. The van der Waals surface area contributed by atoms with Gasteiger partial charge in [-0.3, -0.25) is 9.79 Å². The molecule has 2 aliphatic rings. The number of benzene rings is 2. The Labute approximate surface area is 208 Å². The standard InChI is InChI=1S/C25H32N4O2.HI/c1-26-25(27-16-24(30)29-14-7-11-22-10-5-6-12-23(22)29)28-15-13-21(17-28)19-31-18-20-8-3-2-4-9-20;/h2-6,8-10,12,21H,7,11,13-19H2,1H3,(H,26,27);1H. The van der Waals surface area contributed by atoms with Gasteiger partial charge in [-0.2, -0.15) is 0 Å². The predicted octanol–water partition coefficient (Wildman–Crippen LogP) is 3.70. The van der Waals surface area contributed by atoms with Crippen LogP contribution in [-0.2, 0) is 22.6 Å². The lowest BCUT2D eigenvalue weighted by Crippen LogP contribution is -2.47. The number of aryl methyl sites for hydroxylation is 1. The van der Waals surface area contributed by atoms with E-state index in [1.807, 2.05) is 41.3 Å². The maximum Gasteiger partial charge on any atom is 0.246 e. The van der Waals surface area contributed by atoms with Crippen molar-refractivity contribution in [2.75, 3.05) is 44.7 Å². The summed E-state index contributed by atoms with van der Waals surface area (Å²) in [4.78, 5) is 21.5. The molecule has 0 radical (unpaired) electrons. The second kappa shape index (κ2) is 12.2. The zero-order chi connectivity index (χ0) is 21.5. The van der Waals surface area contributed by atoms with Gasteiger partial charge >= 0.3 is 0 Å². The van der Waals surface area contributed by atoms with Crippen molar-refractivity contribution < 1.29 is 9.53 Å². The highest BCUT2D eigenvalue weighted by atomic mass is 127. The molecule has 1 saturated heterocycles. The molecule has 2 aromatic rings. The molecule has 32 heavy (non-hydrogen) atoms. The van der Waals surface area contributed by atoms with E-state index in [0.717, 1.165) is 57.2 Å². The lowest BCUT2D eigenvalue weighted by molar-refractivity contribution is -0.117. The molecule has 0 spiro atoms. The van der Waals surface area contributed by atoms with Gasteiger partial charge in [0.2, 0.25) is 5.91 Å². The van der Waals surface area contributed by atoms with Crippen LogP contribution in [0.3, 0.4) is 0 Å². The fourth-order valence-electron chi connectivity index (χ4n) is 4.45. The minimum absolute atomic E-state index is 0. The van der Waals surface area contributed by atoms with E-state index in [-0.39, 0.29) is 36.4 Å². The van der Waals surface area contributed by atoms with E-state index in [9.17, 15) is 4.79 Å². The van der Waals surface area contributed by atoms with Crippen molar-refractivity contribution in [1.82, 2.24) is 10.2 Å². The number of aliphatic imine (C=N–C) groups is 1. The highest BCUT2D eigenvalue weighted by Crippen LogP contribution is 2.26. The Morgan fingerprint density at radius 1 is 1.12 bits per heavy atom. The van der Waals surface area contributed by atoms with Crippen molar-refractivity contribution >= 4 is 41.5 Å². The molecule has 1 fully saturated rings. The average Bonchev–Trinajstić information content (AvgIpc) is 3.28. The van der Waals surface area contributed by atoms with Crippen molar-refractivity contribution in [2.24, 2.45) is 10.9 Å². The smallest absolute Gasteiger partial charge is 0.246 e. The van der Waals surface area contributed by atoms with E-state index in [1.165, 1.54) is 11.1 Å². The molecule has 2 aliphatic heterocycles. The van der Waals surface area contributed by atoms with Gasteiger partial charge in [-0.1, -0.05) is 48.5 Å². The Balaban J connectivity index is 0.00000289. The van der Waals surface area contributed by atoms with Gasteiger partial charge in [0.15, 0.2) is 5.96 Å². The van der Waals surface area contributed by atoms with Crippen molar-refractivity contribution in [3.05, 3.63) is 65.7 Å². The molecule has 0 bridgehead atoms. The highest BCUT2D eigenvalue weighted by Gasteiger charge is 2.26. The third-order valence-electron chi connectivity index (χ3n) is 6.07. The number of carbonyl (C=O) groups is 1. The van der Waals surface area contributed by atoms with Crippen molar-refractivity contribution in [2.45, 2.75) is 25.9 Å². The number of anilines is 1. The Hall–Kier alpha value is -2.13. The summed E-state index contributed by atoms with van der Waals surface area (Å²) in [6.45, 7) is 4.25. The fourth-order valence-corrected chi connectivity index (χ4v) is 4.45. The zero-order valence-electron chi connectivity index (χ0n) is 18.7. The van der Waals surface area contributed by atoms with Crippen LogP contribution in [0.1, 0.15) is 24.0 Å². The first-order valence-electron chi connectivity index (χ1n) is 11.2. The molecule has 0 saturated carbocycles. The van der Waals surface area contributed by atoms with Gasteiger partial charge in [-0.15, -0.1) is 24.0 Å². The van der Waals surface area contributed by atoms with Gasteiger partial charge in [-0.25, -0.2) is 0 Å². The number of para-hydroxylation sites is 1. The molecule has 1 atom stereocenters. The number of ether oxygens (including phenoxy) is 1. The van der Waals surface area contributed by atoms with Gasteiger partial charge in [0.1, 0.15) is 0 Å². The van der Waals surface area contributed by atoms with Crippen molar-refractivity contribution in [1.29, 1.82) is 0 Å². The number of fused-ring (bicyclic) bond motifs is 1. The summed E-state index contributed by atoms with van der Waals surface area (Å²) < 4.78 is 5.93. The molecule has 2 aromatic carbocycles. The zero-order valence-corrected chi connectivity index (χ0v) is 21.0. The van der Waals surface area contributed by atoms with Crippen molar-refractivity contribution in [3.63, 3.8) is 0 Å². The Morgan fingerprint density at radius 2 is 1.91 bits per heavy atom. The molecule has 2 heterocycles. The fraction of sp³-hybridized carbons (Fsp3) is 0.440. The van der Waals surface area contributed by atoms with Gasteiger partial charge in [-0.05, 0) is 36.5 Å². The van der Waals surface area contributed by atoms with E-state index in [1.54, 1.807) is 7.05 Å². The molecule has 1 unspecified atom stereocenters. The second-order valence-electron chi connectivity index (χ2n) is 8.28. The Bertz CT molecular complexity index is 906. The van der Waals surface area contributed by atoms with Gasteiger partial charge in [0, 0.05) is 38.3 Å². The number of nitrogens with one attached hydrogen (secondary N) is 1. The Kier molecular flexibility index (Phi) is 9.35. The first kappa shape index (κ1) is 24.5. The molecule has 0 aromatic heterocycles. The summed E-state index contributed by atoms with van der Waals surface area (Å²) in [5.41, 5.74) is 3.50. The number of halogens is 1. The van der Waals surface area contributed by atoms with Crippen LogP contribution >= 0.6 is 24.0 Å². The maximum absolute atomic E-state index is 12.9. The molecular formula is C25H33IN4O2. The number of amides is 1. The number of rotatable bonds is 6. The molecule has 6 nitrogen and oxygen atoms in total. The molecule has 172 valence electrons. The van der Waals surface area contributed by atoms with Crippen LogP contribution in [0.5, 0.6) is 0 Å². The van der Waals surface area contributed by atoms with Crippen LogP contribution in [0.25, 0.3) is 0 Å². The number of guanidine groups is 1. The van der Waals surface area contributed by atoms with Crippen LogP contribution in [0.15, 0.2) is 59.6 Å². The topological polar surface area (TPSA) is 57.2 Å².